The van der Waals surface area contributed by atoms with E-state index >= 15 is 0 Å². The summed E-state index contributed by atoms with van der Waals surface area (Å²) in [5.74, 6) is -1.04. The minimum Gasteiger partial charge on any atom is -0.206 e. The van der Waals surface area contributed by atoms with Crippen LogP contribution >= 0.6 is 11.6 Å². The van der Waals surface area contributed by atoms with Crippen molar-refractivity contribution in [2.24, 2.45) is 0 Å². The van der Waals surface area contributed by atoms with Crippen molar-refractivity contribution in [1.29, 1.82) is 5.26 Å². The molecule has 0 aliphatic rings. The van der Waals surface area contributed by atoms with Gasteiger partial charge in [0.05, 0.1) is 17.2 Å². The zero-order valence-corrected chi connectivity index (χ0v) is 10.6. The highest BCUT2D eigenvalue weighted by Gasteiger charge is 2.31. The zero-order chi connectivity index (χ0) is 14.9. The molecule has 0 radical (unpaired) electrons. The van der Waals surface area contributed by atoms with Crippen LogP contribution in [0.5, 0.6) is 0 Å². The monoisotopic (exact) mass is 299 g/mol. The van der Waals surface area contributed by atoms with Gasteiger partial charge in [-0.05, 0) is 30.3 Å². The number of nitriles is 1. The second-order valence-electron chi connectivity index (χ2n) is 4.00. The molecule has 0 atom stereocenters. The summed E-state index contributed by atoms with van der Waals surface area (Å²) in [6, 6.07) is 8.20. The highest BCUT2D eigenvalue weighted by atomic mass is 35.5. The molecule has 102 valence electrons. The molecule has 0 unspecified atom stereocenters. The van der Waals surface area contributed by atoms with Crippen molar-refractivity contribution in [3.63, 3.8) is 0 Å². The standard InChI is InChI=1S/C14H6ClF4N/c15-12-4-1-8(7-20)5-11(12)10-3-2-9(6-13(10)16)14(17,18)19/h1-6H. The van der Waals surface area contributed by atoms with E-state index in [4.69, 9.17) is 16.9 Å². The fourth-order valence-electron chi connectivity index (χ4n) is 1.71. The molecule has 0 N–H and O–H groups in total. The predicted octanol–water partition coefficient (Wildman–Crippen LogP) is 5.04. The van der Waals surface area contributed by atoms with Gasteiger partial charge in [-0.2, -0.15) is 18.4 Å². The lowest BCUT2D eigenvalue weighted by Gasteiger charge is -2.10. The maximum Gasteiger partial charge on any atom is 0.416 e. The van der Waals surface area contributed by atoms with Gasteiger partial charge in [0.1, 0.15) is 5.82 Å². The fourth-order valence-corrected chi connectivity index (χ4v) is 1.93. The molecular formula is C14H6ClF4N. The Morgan fingerprint density at radius 3 is 2.25 bits per heavy atom. The van der Waals surface area contributed by atoms with Gasteiger partial charge in [0, 0.05) is 16.1 Å². The molecule has 0 saturated carbocycles. The SMILES string of the molecule is N#Cc1ccc(Cl)c(-c2ccc(C(F)(F)F)cc2F)c1. The summed E-state index contributed by atoms with van der Waals surface area (Å²) in [5.41, 5.74) is -0.743. The fraction of sp³-hybridized carbons (Fsp3) is 0.0714. The molecule has 0 spiro atoms. The topological polar surface area (TPSA) is 23.8 Å². The Hall–Kier alpha value is -2.06. The molecule has 0 amide bonds. The molecule has 0 fully saturated rings. The van der Waals surface area contributed by atoms with Gasteiger partial charge in [-0.3, -0.25) is 0 Å². The minimum atomic E-state index is -4.61. The van der Waals surface area contributed by atoms with E-state index < -0.39 is 17.6 Å². The van der Waals surface area contributed by atoms with Gasteiger partial charge in [-0.1, -0.05) is 17.7 Å². The summed E-state index contributed by atoms with van der Waals surface area (Å²) in [7, 11) is 0. The Labute approximate surface area is 117 Å². The smallest absolute Gasteiger partial charge is 0.206 e. The first-order valence-corrected chi connectivity index (χ1v) is 5.77. The van der Waals surface area contributed by atoms with Crippen molar-refractivity contribution < 1.29 is 17.6 Å². The number of alkyl halides is 3. The van der Waals surface area contributed by atoms with Crippen LogP contribution in [-0.4, -0.2) is 0 Å². The minimum absolute atomic E-state index is 0.0832. The van der Waals surface area contributed by atoms with Crippen LogP contribution in [-0.2, 0) is 6.18 Å². The molecule has 20 heavy (non-hydrogen) atoms. The van der Waals surface area contributed by atoms with Crippen LogP contribution in [0.25, 0.3) is 11.1 Å². The van der Waals surface area contributed by atoms with Gasteiger partial charge < -0.3 is 0 Å². The summed E-state index contributed by atoms with van der Waals surface area (Å²) >= 11 is 5.89. The van der Waals surface area contributed by atoms with E-state index in [0.29, 0.717) is 6.07 Å². The molecule has 1 nitrogen and oxygen atoms in total. The van der Waals surface area contributed by atoms with Crippen molar-refractivity contribution >= 4 is 11.6 Å². The van der Waals surface area contributed by atoms with Crippen LogP contribution < -0.4 is 0 Å². The van der Waals surface area contributed by atoms with Crippen LogP contribution in [0, 0.1) is 17.1 Å². The summed E-state index contributed by atoms with van der Waals surface area (Å²) in [6.45, 7) is 0. The van der Waals surface area contributed by atoms with E-state index in [2.05, 4.69) is 0 Å². The summed E-state index contributed by atoms with van der Waals surface area (Å²) < 4.78 is 51.2. The number of nitrogens with zero attached hydrogens (tertiary/aromatic N) is 1. The molecule has 0 bridgehead atoms. The molecule has 0 aliphatic carbocycles. The number of hydrogen-bond acceptors (Lipinski definition) is 1. The normalized spacial score (nSPS) is 11.2. The van der Waals surface area contributed by atoms with Crippen LogP contribution in [0.2, 0.25) is 5.02 Å². The molecule has 2 aromatic carbocycles. The Kier molecular flexibility index (Phi) is 3.69. The van der Waals surface area contributed by atoms with E-state index in [0.717, 1.165) is 12.1 Å². The van der Waals surface area contributed by atoms with E-state index in [-0.39, 0.29) is 21.7 Å². The molecule has 2 rings (SSSR count). The van der Waals surface area contributed by atoms with Crippen LogP contribution in [0.15, 0.2) is 36.4 Å². The van der Waals surface area contributed by atoms with E-state index in [9.17, 15) is 17.6 Å². The number of hydrogen-bond donors (Lipinski definition) is 0. The van der Waals surface area contributed by atoms with Gasteiger partial charge in [0.15, 0.2) is 0 Å². The Bertz CT molecular complexity index is 701. The summed E-state index contributed by atoms with van der Waals surface area (Å²) in [5, 5.41) is 8.94. The lowest BCUT2D eigenvalue weighted by molar-refractivity contribution is -0.137. The third kappa shape index (κ3) is 2.75. The highest BCUT2D eigenvalue weighted by Crippen LogP contribution is 2.35. The van der Waals surface area contributed by atoms with E-state index in [1.165, 1.54) is 18.2 Å². The van der Waals surface area contributed by atoms with E-state index in [1.807, 2.05) is 6.07 Å². The first-order chi connectivity index (χ1) is 9.32. The second kappa shape index (κ2) is 5.14. The van der Waals surface area contributed by atoms with Crippen molar-refractivity contribution in [1.82, 2.24) is 0 Å². The van der Waals surface area contributed by atoms with Crippen LogP contribution in [0.4, 0.5) is 17.6 Å². The van der Waals surface area contributed by atoms with E-state index in [1.54, 1.807) is 0 Å². The van der Waals surface area contributed by atoms with Gasteiger partial charge in [0.25, 0.3) is 0 Å². The predicted molar refractivity (Wildman–Crippen MR) is 66.6 cm³/mol. The average Bonchev–Trinajstić information content (AvgIpc) is 2.38. The Morgan fingerprint density at radius 2 is 1.70 bits per heavy atom. The Balaban J connectivity index is 2.57. The van der Waals surface area contributed by atoms with Crippen molar-refractivity contribution in [2.75, 3.05) is 0 Å². The third-order valence-electron chi connectivity index (χ3n) is 2.68. The van der Waals surface area contributed by atoms with Gasteiger partial charge in [0.2, 0.25) is 0 Å². The van der Waals surface area contributed by atoms with Crippen molar-refractivity contribution in [2.45, 2.75) is 6.18 Å². The molecule has 0 aromatic heterocycles. The largest absolute Gasteiger partial charge is 0.416 e. The second-order valence-corrected chi connectivity index (χ2v) is 4.41. The van der Waals surface area contributed by atoms with Crippen molar-refractivity contribution in [3.8, 4) is 17.2 Å². The number of rotatable bonds is 1. The maximum atomic E-state index is 13.8. The number of halogens is 5. The molecule has 0 heterocycles. The average molecular weight is 300 g/mol. The Morgan fingerprint density at radius 1 is 1.00 bits per heavy atom. The molecule has 2 aromatic rings. The van der Waals surface area contributed by atoms with Crippen LogP contribution in [0.3, 0.4) is 0 Å². The molecule has 0 saturated heterocycles. The van der Waals surface area contributed by atoms with Gasteiger partial charge >= 0.3 is 6.18 Å². The highest BCUT2D eigenvalue weighted by molar-refractivity contribution is 6.33. The van der Waals surface area contributed by atoms with Gasteiger partial charge in [-0.25, -0.2) is 4.39 Å². The molecule has 0 aliphatic heterocycles. The summed E-state index contributed by atoms with van der Waals surface area (Å²) in [4.78, 5) is 0. The summed E-state index contributed by atoms with van der Waals surface area (Å²) in [6.07, 6.45) is -4.61. The lowest BCUT2D eigenvalue weighted by Crippen LogP contribution is -2.05. The first-order valence-electron chi connectivity index (χ1n) is 5.39. The maximum absolute atomic E-state index is 13.8. The molecular weight excluding hydrogens is 294 g/mol. The zero-order valence-electron chi connectivity index (χ0n) is 9.80. The molecule has 6 heteroatoms. The lowest BCUT2D eigenvalue weighted by atomic mass is 10.0. The first kappa shape index (κ1) is 14.4. The quantitative estimate of drug-likeness (QED) is 0.677. The van der Waals surface area contributed by atoms with Gasteiger partial charge in [-0.15, -0.1) is 0 Å². The van der Waals surface area contributed by atoms with Crippen LogP contribution in [0.1, 0.15) is 11.1 Å². The van der Waals surface area contributed by atoms with Crippen molar-refractivity contribution in [3.05, 3.63) is 58.4 Å². The number of benzene rings is 2. The third-order valence-corrected chi connectivity index (χ3v) is 3.01.